The summed E-state index contributed by atoms with van der Waals surface area (Å²) in [5.74, 6) is 0.136. The lowest BCUT2D eigenvalue weighted by molar-refractivity contribution is -0.127. The van der Waals surface area contributed by atoms with E-state index >= 15 is 0 Å². The van der Waals surface area contributed by atoms with Gasteiger partial charge in [-0.2, -0.15) is 0 Å². The van der Waals surface area contributed by atoms with Gasteiger partial charge >= 0.3 is 0 Å². The van der Waals surface area contributed by atoms with E-state index in [9.17, 15) is 9.90 Å². The van der Waals surface area contributed by atoms with Crippen LogP contribution >= 0.6 is 0 Å². The SMILES string of the molecule is O=C1NCN(c2ccccc2)C12CCN([C@@H]1CCCC[C@]1(O)c1cccnc1)CC2. The van der Waals surface area contributed by atoms with Crippen LogP contribution in [0.5, 0.6) is 0 Å². The first kappa shape index (κ1) is 19.5. The topological polar surface area (TPSA) is 68.7 Å². The van der Waals surface area contributed by atoms with Gasteiger partial charge in [0.25, 0.3) is 0 Å². The fraction of sp³-hybridized carbons (Fsp3) is 0.500. The predicted molar refractivity (Wildman–Crippen MR) is 116 cm³/mol. The van der Waals surface area contributed by atoms with Gasteiger partial charge in [-0.15, -0.1) is 0 Å². The second-order valence-corrected chi connectivity index (χ2v) is 8.92. The third-order valence-electron chi connectivity index (χ3n) is 7.47. The van der Waals surface area contributed by atoms with Crippen molar-refractivity contribution in [3.63, 3.8) is 0 Å². The molecule has 0 bridgehead atoms. The minimum absolute atomic E-state index is 0.0717. The molecule has 30 heavy (non-hydrogen) atoms. The van der Waals surface area contributed by atoms with E-state index in [1.165, 1.54) is 0 Å². The molecule has 3 aliphatic rings. The highest BCUT2D eigenvalue weighted by atomic mass is 16.3. The molecule has 1 spiro atoms. The van der Waals surface area contributed by atoms with E-state index < -0.39 is 11.1 Å². The van der Waals surface area contributed by atoms with E-state index in [4.69, 9.17) is 0 Å². The van der Waals surface area contributed by atoms with Gasteiger partial charge < -0.3 is 15.3 Å². The van der Waals surface area contributed by atoms with Crippen LogP contribution in [0.4, 0.5) is 5.69 Å². The van der Waals surface area contributed by atoms with Gasteiger partial charge in [-0.1, -0.05) is 37.1 Å². The molecule has 3 heterocycles. The van der Waals surface area contributed by atoms with Gasteiger partial charge in [0.15, 0.2) is 0 Å². The maximum absolute atomic E-state index is 12.9. The number of piperidine rings is 1. The predicted octanol–water partition coefficient (Wildman–Crippen LogP) is 2.64. The van der Waals surface area contributed by atoms with E-state index in [2.05, 4.69) is 32.2 Å². The zero-order chi connectivity index (χ0) is 20.6. The van der Waals surface area contributed by atoms with Crippen molar-refractivity contribution >= 4 is 11.6 Å². The molecule has 2 aromatic rings. The third-order valence-corrected chi connectivity index (χ3v) is 7.47. The quantitative estimate of drug-likeness (QED) is 0.820. The van der Waals surface area contributed by atoms with Gasteiger partial charge in [-0.25, -0.2) is 0 Å². The van der Waals surface area contributed by atoms with Gasteiger partial charge in [-0.05, 0) is 43.9 Å². The van der Waals surface area contributed by atoms with Gasteiger partial charge in [0.1, 0.15) is 11.1 Å². The minimum Gasteiger partial charge on any atom is -0.383 e. The molecular formula is C24H30N4O2. The monoisotopic (exact) mass is 406 g/mol. The van der Waals surface area contributed by atoms with Crippen LogP contribution in [-0.4, -0.2) is 52.2 Å². The fourth-order valence-electron chi connectivity index (χ4n) is 5.82. The van der Waals surface area contributed by atoms with Gasteiger partial charge in [0.05, 0.1) is 6.67 Å². The van der Waals surface area contributed by atoms with Crippen LogP contribution in [-0.2, 0) is 10.4 Å². The molecule has 1 saturated carbocycles. The van der Waals surface area contributed by atoms with Crippen LogP contribution in [0.25, 0.3) is 0 Å². The maximum atomic E-state index is 12.9. The molecule has 2 aliphatic heterocycles. The van der Waals surface area contributed by atoms with Gasteiger partial charge in [0.2, 0.25) is 5.91 Å². The van der Waals surface area contributed by atoms with Crippen molar-refractivity contribution in [2.75, 3.05) is 24.7 Å². The second-order valence-electron chi connectivity index (χ2n) is 8.92. The lowest BCUT2D eigenvalue weighted by Crippen LogP contribution is -2.61. The van der Waals surface area contributed by atoms with E-state index in [1.807, 2.05) is 36.5 Å². The first-order valence-corrected chi connectivity index (χ1v) is 11.1. The highest BCUT2D eigenvalue weighted by molar-refractivity contribution is 5.93. The number of benzene rings is 1. The Hall–Kier alpha value is -2.44. The maximum Gasteiger partial charge on any atom is 0.247 e. The summed E-state index contributed by atoms with van der Waals surface area (Å²) in [5.41, 5.74) is 0.654. The molecule has 1 aliphatic carbocycles. The molecule has 2 atom stereocenters. The zero-order valence-corrected chi connectivity index (χ0v) is 17.3. The average Bonchev–Trinajstić information content (AvgIpc) is 3.11. The first-order chi connectivity index (χ1) is 14.6. The fourth-order valence-corrected chi connectivity index (χ4v) is 5.82. The number of hydrogen-bond acceptors (Lipinski definition) is 5. The molecule has 0 radical (unpaired) electrons. The molecular weight excluding hydrogens is 376 g/mol. The Morgan fingerprint density at radius 2 is 1.83 bits per heavy atom. The third kappa shape index (κ3) is 3.10. The Bertz CT molecular complexity index is 883. The second kappa shape index (κ2) is 7.67. The molecule has 158 valence electrons. The summed E-state index contributed by atoms with van der Waals surface area (Å²) in [6, 6.07) is 14.2. The smallest absolute Gasteiger partial charge is 0.247 e. The Morgan fingerprint density at radius 1 is 1.03 bits per heavy atom. The van der Waals surface area contributed by atoms with Crippen LogP contribution in [0.2, 0.25) is 0 Å². The van der Waals surface area contributed by atoms with Crippen LogP contribution in [0, 0.1) is 0 Å². The molecule has 2 N–H and O–H groups in total. The highest BCUT2D eigenvalue weighted by Crippen LogP contribution is 2.43. The largest absolute Gasteiger partial charge is 0.383 e. The van der Waals surface area contributed by atoms with Crippen molar-refractivity contribution in [3.8, 4) is 0 Å². The van der Waals surface area contributed by atoms with Crippen molar-refractivity contribution in [1.82, 2.24) is 15.2 Å². The minimum atomic E-state index is -0.867. The van der Waals surface area contributed by atoms with Crippen molar-refractivity contribution in [3.05, 3.63) is 60.4 Å². The van der Waals surface area contributed by atoms with Crippen LogP contribution in [0.15, 0.2) is 54.9 Å². The Morgan fingerprint density at radius 3 is 2.57 bits per heavy atom. The van der Waals surface area contributed by atoms with Gasteiger partial charge in [0, 0.05) is 42.8 Å². The standard InChI is InChI=1S/C24H30N4O2/c29-22-23(28(18-26-22)20-8-2-1-3-9-20)12-15-27(16-13-23)21-10-4-5-11-24(21,30)19-7-6-14-25-17-19/h1-3,6-9,14,17,21,30H,4-5,10-13,15-16,18H2,(H,26,29)/t21-,24+/m1/s1. The lowest BCUT2D eigenvalue weighted by Gasteiger charge is -2.50. The number of nitrogens with zero attached hydrogens (tertiary/aromatic N) is 3. The number of likely N-dealkylation sites (tertiary alicyclic amines) is 1. The van der Waals surface area contributed by atoms with Crippen molar-refractivity contribution in [1.29, 1.82) is 0 Å². The number of nitrogens with one attached hydrogen (secondary N) is 1. The summed E-state index contributed by atoms with van der Waals surface area (Å²) < 4.78 is 0. The van der Waals surface area contributed by atoms with Crippen LogP contribution in [0.1, 0.15) is 44.1 Å². The summed E-state index contributed by atoms with van der Waals surface area (Å²) in [7, 11) is 0. The molecule has 6 heteroatoms. The number of rotatable bonds is 3. The lowest BCUT2D eigenvalue weighted by atomic mass is 9.74. The molecule has 1 amide bonds. The Kier molecular flexibility index (Phi) is 4.99. The number of aliphatic hydroxyl groups is 1. The normalized spacial score (nSPS) is 29.2. The number of aromatic nitrogens is 1. The molecule has 2 saturated heterocycles. The molecule has 0 unspecified atom stereocenters. The number of hydrogen-bond donors (Lipinski definition) is 2. The summed E-state index contributed by atoms with van der Waals surface area (Å²) in [5, 5.41) is 14.8. The number of anilines is 1. The summed E-state index contributed by atoms with van der Waals surface area (Å²) in [4.78, 5) is 21.9. The number of carbonyl (C=O) groups excluding carboxylic acids is 1. The summed E-state index contributed by atoms with van der Waals surface area (Å²) in [6.45, 7) is 2.18. The Balaban J connectivity index is 1.38. The van der Waals surface area contributed by atoms with Crippen molar-refractivity contribution in [2.45, 2.75) is 55.7 Å². The summed E-state index contributed by atoms with van der Waals surface area (Å²) >= 11 is 0. The van der Waals surface area contributed by atoms with E-state index in [0.717, 1.165) is 62.9 Å². The van der Waals surface area contributed by atoms with E-state index in [-0.39, 0.29) is 11.9 Å². The zero-order valence-electron chi connectivity index (χ0n) is 17.3. The van der Waals surface area contributed by atoms with Crippen LogP contribution in [0.3, 0.4) is 0 Å². The molecule has 3 fully saturated rings. The van der Waals surface area contributed by atoms with Crippen molar-refractivity contribution in [2.24, 2.45) is 0 Å². The first-order valence-electron chi connectivity index (χ1n) is 11.1. The van der Waals surface area contributed by atoms with E-state index in [1.54, 1.807) is 6.20 Å². The molecule has 1 aromatic heterocycles. The highest BCUT2D eigenvalue weighted by Gasteiger charge is 2.53. The van der Waals surface area contributed by atoms with Gasteiger partial charge in [-0.3, -0.25) is 14.7 Å². The Labute approximate surface area is 177 Å². The average molecular weight is 407 g/mol. The number of amides is 1. The number of carbonyl (C=O) groups is 1. The summed E-state index contributed by atoms with van der Waals surface area (Å²) in [6.07, 6.45) is 9.02. The van der Waals surface area contributed by atoms with Crippen molar-refractivity contribution < 1.29 is 9.90 Å². The number of pyridine rings is 1. The van der Waals surface area contributed by atoms with Crippen LogP contribution < -0.4 is 10.2 Å². The van der Waals surface area contributed by atoms with E-state index in [0.29, 0.717) is 6.67 Å². The molecule has 5 rings (SSSR count). The molecule has 6 nitrogen and oxygen atoms in total. The molecule has 1 aromatic carbocycles. The number of para-hydroxylation sites is 1.